The Bertz CT molecular complexity index is 1500. The first-order chi connectivity index (χ1) is 18.5. The van der Waals surface area contributed by atoms with Crippen LogP contribution in [0.25, 0.3) is 16.5 Å². The monoisotopic (exact) mass is 578 g/mol. The number of fused-ring (bicyclic) bond motifs is 1. The van der Waals surface area contributed by atoms with Crippen molar-refractivity contribution in [3.05, 3.63) is 88.5 Å². The van der Waals surface area contributed by atoms with E-state index in [0.717, 1.165) is 12.1 Å². The lowest BCUT2D eigenvalue weighted by molar-refractivity contribution is -0.269. The van der Waals surface area contributed by atoms with Gasteiger partial charge >= 0.3 is 30.5 Å². The number of carbonyl (C=O) groups is 2. The molecule has 1 heterocycles. The van der Waals surface area contributed by atoms with Crippen LogP contribution in [0.4, 0.5) is 39.5 Å². The third kappa shape index (κ3) is 5.21. The Balaban J connectivity index is 1.92. The van der Waals surface area contributed by atoms with Crippen molar-refractivity contribution in [1.29, 1.82) is 0 Å². The van der Waals surface area contributed by atoms with Crippen LogP contribution in [0.15, 0.2) is 60.7 Å². The highest BCUT2D eigenvalue weighted by molar-refractivity contribution is 6.10. The molecule has 40 heavy (non-hydrogen) atoms. The second-order valence-corrected chi connectivity index (χ2v) is 8.46. The minimum atomic E-state index is -5.54. The number of hydrogen-bond acceptors (Lipinski definition) is 6. The maximum atomic E-state index is 14.4. The van der Waals surface area contributed by atoms with Crippen molar-refractivity contribution < 1.29 is 58.7 Å². The largest absolute Gasteiger partial charge is 0.428 e. The number of carbonyl (C=O) groups excluding carboxylic acids is 2. The molecular weight excluding hydrogens is 563 g/mol. The van der Waals surface area contributed by atoms with Gasteiger partial charge in [-0.25, -0.2) is 4.79 Å². The van der Waals surface area contributed by atoms with Crippen LogP contribution in [-0.4, -0.2) is 24.7 Å². The van der Waals surface area contributed by atoms with Gasteiger partial charge in [-0.3, -0.25) is 15.1 Å². The Labute approximate surface area is 218 Å². The lowest BCUT2D eigenvalue weighted by Crippen LogP contribution is -2.43. The molecule has 0 saturated carbocycles. The number of benzene rings is 3. The average molecular weight is 578 g/mol. The zero-order valence-corrected chi connectivity index (χ0v) is 19.6. The van der Waals surface area contributed by atoms with Gasteiger partial charge in [-0.05, 0) is 41.1 Å². The number of alkyl halides is 9. The second kappa shape index (κ2) is 9.82. The molecular formula is C25H15F9N2O4. The van der Waals surface area contributed by atoms with Crippen molar-refractivity contribution in [3.63, 3.8) is 0 Å². The van der Waals surface area contributed by atoms with Crippen molar-refractivity contribution >= 4 is 28.4 Å². The number of hydroxylamine groups is 1. The van der Waals surface area contributed by atoms with Crippen LogP contribution in [0.1, 0.15) is 32.6 Å². The quantitative estimate of drug-likeness (QED) is 0.229. The van der Waals surface area contributed by atoms with Crippen LogP contribution in [0.5, 0.6) is 0 Å². The number of ether oxygens (including phenoxy) is 1. The molecule has 6 nitrogen and oxygen atoms in total. The van der Waals surface area contributed by atoms with Gasteiger partial charge in [-0.1, -0.05) is 30.3 Å². The maximum absolute atomic E-state index is 14.4. The Kier molecular flexibility index (Phi) is 7.09. The molecule has 0 radical (unpaired) electrons. The van der Waals surface area contributed by atoms with E-state index >= 15 is 0 Å². The topological polar surface area (TPSA) is 90.7 Å². The van der Waals surface area contributed by atoms with Gasteiger partial charge in [0.05, 0.1) is 28.9 Å². The van der Waals surface area contributed by atoms with E-state index in [1.807, 2.05) is 5.48 Å². The van der Waals surface area contributed by atoms with Gasteiger partial charge < -0.3 is 10.5 Å². The summed E-state index contributed by atoms with van der Waals surface area (Å²) >= 11 is 0. The maximum Gasteiger partial charge on any atom is 0.428 e. The fourth-order valence-electron chi connectivity index (χ4n) is 4.06. The summed E-state index contributed by atoms with van der Waals surface area (Å²) in [6.07, 6.45) is -16.1. The van der Waals surface area contributed by atoms with Gasteiger partial charge in [0.25, 0.3) is 0 Å². The summed E-state index contributed by atoms with van der Waals surface area (Å²) in [6.45, 7) is -0.610. The van der Waals surface area contributed by atoms with Gasteiger partial charge in [-0.15, -0.1) is 0 Å². The molecule has 0 aromatic heterocycles. The third-order valence-corrected chi connectivity index (χ3v) is 5.91. The van der Waals surface area contributed by atoms with Crippen molar-refractivity contribution in [3.8, 4) is 0 Å². The normalized spacial score (nSPS) is 17.9. The summed E-state index contributed by atoms with van der Waals surface area (Å²) in [5.41, 5.74) is -2.81. The Hall–Kier alpha value is -4.11. The molecule has 4 rings (SSSR count). The zero-order valence-electron chi connectivity index (χ0n) is 19.6. The first-order valence-corrected chi connectivity index (χ1v) is 11.0. The number of rotatable bonds is 4. The van der Waals surface area contributed by atoms with Crippen molar-refractivity contribution in [2.75, 3.05) is 6.54 Å². The molecule has 0 aliphatic carbocycles. The molecule has 3 N–H and O–H groups in total. The van der Waals surface area contributed by atoms with Gasteiger partial charge in [0.1, 0.15) is 0 Å². The van der Waals surface area contributed by atoms with E-state index in [9.17, 15) is 49.1 Å². The van der Waals surface area contributed by atoms with Gasteiger partial charge in [0, 0.05) is 11.1 Å². The molecule has 0 fully saturated rings. The highest BCUT2D eigenvalue weighted by atomic mass is 19.4. The van der Waals surface area contributed by atoms with Gasteiger partial charge in [0.2, 0.25) is 5.60 Å². The SMILES string of the molecule is NCC(=O)OC(=O)c1ccc(C2=CC(c3cc(C(F)(F)F)cc(C(F)(F)F)c3)(C(F)(F)F)ON2)c2ccccc12. The molecule has 0 spiro atoms. The smallest absolute Gasteiger partial charge is 0.388 e. The van der Waals surface area contributed by atoms with E-state index in [-0.39, 0.29) is 40.1 Å². The number of nitrogens with one attached hydrogen (secondary N) is 1. The number of nitrogens with two attached hydrogens (primary N) is 1. The summed E-state index contributed by atoms with van der Waals surface area (Å²) < 4.78 is 128. The summed E-state index contributed by atoms with van der Waals surface area (Å²) in [5.74, 6) is -2.17. The van der Waals surface area contributed by atoms with Crippen molar-refractivity contribution in [1.82, 2.24) is 5.48 Å². The number of esters is 2. The predicted octanol–water partition coefficient (Wildman–Crippen LogP) is 5.85. The minimum Gasteiger partial charge on any atom is -0.388 e. The standard InChI is InChI=1S/C25H15F9N2O4/c26-23(27,28)13-7-12(8-14(9-13)24(29,30)31)22(25(32,33)34)10-19(36-40-22)17-5-6-18(21(38)39-20(37)11-35)16-4-2-1-3-15(16)17/h1-10,36H,11,35H2. The van der Waals surface area contributed by atoms with E-state index in [1.165, 1.54) is 24.3 Å². The molecule has 1 aliphatic heterocycles. The Morgan fingerprint density at radius 3 is 1.95 bits per heavy atom. The zero-order chi connectivity index (χ0) is 29.7. The highest BCUT2D eigenvalue weighted by Crippen LogP contribution is 2.50. The predicted molar refractivity (Wildman–Crippen MR) is 120 cm³/mol. The van der Waals surface area contributed by atoms with Crippen LogP contribution in [0.2, 0.25) is 0 Å². The van der Waals surface area contributed by atoms with Crippen LogP contribution in [0, 0.1) is 0 Å². The molecule has 1 atom stereocenters. The highest BCUT2D eigenvalue weighted by Gasteiger charge is 2.60. The molecule has 1 unspecified atom stereocenters. The molecule has 212 valence electrons. The molecule has 0 bridgehead atoms. The molecule has 1 aliphatic rings. The van der Waals surface area contributed by atoms with E-state index in [1.54, 1.807) is 0 Å². The summed E-state index contributed by atoms with van der Waals surface area (Å²) in [4.78, 5) is 28.6. The summed E-state index contributed by atoms with van der Waals surface area (Å²) in [7, 11) is 0. The summed E-state index contributed by atoms with van der Waals surface area (Å²) in [6, 6.07) is 7.43. The average Bonchev–Trinajstić information content (AvgIpc) is 3.33. The van der Waals surface area contributed by atoms with Crippen LogP contribution >= 0.6 is 0 Å². The minimum absolute atomic E-state index is 0.0635. The molecule has 0 amide bonds. The van der Waals surface area contributed by atoms with E-state index < -0.39 is 65.0 Å². The lowest BCUT2D eigenvalue weighted by Gasteiger charge is -2.29. The first kappa shape index (κ1) is 28.9. The van der Waals surface area contributed by atoms with E-state index in [4.69, 9.17) is 10.6 Å². The van der Waals surface area contributed by atoms with Crippen molar-refractivity contribution in [2.45, 2.75) is 24.1 Å². The summed E-state index contributed by atoms with van der Waals surface area (Å²) in [5, 5.41) is 0.206. The van der Waals surface area contributed by atoms with Crippen molar-refractivity contribution in [2.24, 2.45) is 5.73 Å². The second-order valence-electron chi connectivity index (χ2n) is 8.46. The van der Waals surface area contributed by atoms with E-state index in [2.05, 4.69) is 4.74 Å². The van der Waals surface area contributed by atoms with Gasteiger partial charge in [-0.2, -0.15) is 39.5 Å². The van der Waals surface area contributed by atoms with Crippen LogP contribution < -0.4 is 11.2 Å². The number of halogens is 9. The Morgan fingerprint density at radius 1 is 0.850 bits per heavy atom. The van der Waals surface area contributed by atoms with E-state index in [0.29, 0.717) is 6.08 Å². The first-order valence-electron chi connectivity index (χ1n) is 11.0. The molecule has 15 heteroatoms. The Morgan fingerprint density at radius 2 is 1.43 bits per heavy atom. The van der Waals surface area contributed by atoms with Gasteiger partial charge in [0.15, 0.2) is 0 Å². The molecule has 0 saturated heterocycles. The fourth-order valence-corrected chi connectivity index (χ4v) is 4.06. The van der Waals surface area contributed by atoms with Crippen LogP contribution in [-0.2, 0) is 32.3 Å². The molecule has 3 aromatic rings. The molecule has 3 aromatic carbocycles. The lowest BCUT2D eigenvalue weighted by atomic mass is 9.88. The fraction of sp³-hybridized carbons (Fsp3) is 0.200. The van der Waals surface area contributed by atoms with Crippen LogP contribution in [0.3, 0.4) is 0 Å². The third-order valence-electron chi connectivity index (χ3n) is 5.91. The number of hydrogen-bond donors (Lipinski definition) is 2.